The molecule has 0 aromatic heterocycles. The van der Waals surface area contributed by atoms with Gasteiger partial charge in [-0.15, -0.1) is 0 Å². The lowest BCUT2D eigenvalue weighted by atomic mass is 9.88. The summed E-state index contributed by atoms with van der Waals surface area (Å²) in [5, 5.41) is 12.4. The molecule has 0 saturated carbocycles. The van der Waals surface area contributed by atoms with Gasteiger partial charge in [-0.05, 0) is 12.5 Å². The van der Waals surface area contributed by atoms with Crippen LogP contribution in [0.2, 0.25) is 0 Å². The van der Waals surface area contributed by atoms with E-state index in [-0.39, 0.29) is 5.76 Å². The molecule has 1 saturated heterocycles. The number of hydrogen-bond acceptors (Lipinski definition) is 5. The van der Waals surface area contributed by atoms with Crippen LogP contribution in [0.4, 0.5) is 0 Å². The van der Waals surface area contributed by atoms with Crippen LogP contribution >= 0.6 is 0 Å². The molecule has 0 unspecified atom stereocenters. The summed E-state index contributed by atoms with van der Waals surface area (Å²) in [6.45, 7) is 3.22. The minimum Gasteiger partial charge on any atom is -0.507 e. The average Bonchev–Trinajstić information content (AvgIpc) is 2.72. The summed E-state index contributed by atoms with van der Waals surface area (Å²) >= 11 is 0. The molecule has 1 aromatic rings. The lowest BCUT2D eigenvalue weighted by Gasteiger charge is -2.36. The Hall–Kier alpha value is -1.85. The number of piperidine rings is 1. The van der Waals surface area contributed by atoms with Crippen molar-refractivity contribution in [1.82, 2.24) is 5.06 Å². The molecule has 3 rings (SSSR count). The molecule has 1 N–H and O–H groups in total. The maximum atomic E-state index is 12.2. The predicted octanol–water partition coefficient (Wildman–Crippen LogP) is 2.22. The van der Waals surface area contributed by atoms with Crippen molar-refractivity contribution < 1.29 is 19.5 Å². The third-order valence-corrected chi connectivity index (χ3v) is 4.29. The van der Waals surface area contributed by atoms with Crippen LogP contribution in [-0.2, 0) is 14.4 Å². The van der Waals surface area contributed by atoms with Gasteiger partial charge in [0.25, 0.3) is 0 Å². The number of ether oxygens (including phenoxy) is 1. The number of hydrogen-bond donors (Lipinski definition) is 1. The van der Waals surface area contributed by atoms with Crippen molar-refractivity contribution in [2.45, 2.75) is 25.4 Å². The number of nitrogens with zero attached hydrogens (tertiary/aromatic N) is 1. The van der Waals surface area contributed by atoms with Crippen molar-refractivity contribution in [3.63, 3.8) is 0 Å². The molecule has 0 aliphatic carbocycles. The summed E-state index contributed by atoms with van der Waals surface area (Å²) in [4.78, 5) is 17.4. The number of carbonyl (C=O) groups is 1. The number of hydroxylamine groups is 2. The number of rotatable bonds is 2. The van der Waals surface area contributed by atoms with Gasteiger partial charge in [-0.1, -0.05) is 29.8 Å². The van der Waals surface area contributed by atoms with Crippen LogP contribution in [-0.4, -0.2) is 41.9 Å². The molecule has 1 spiro atoms. The molecular weight excluding hydrogens is 270 g/mol. The van der Waals surface area contributed by atoms with Crippen LogP contribution in [0.3, 0.4) is 0 Å². The monoisotopic (exact) mass is 289 g/mol. The Morgan fingerprint density at radius 2 is 1.86 bits per heavy atom. The highest BCUT2D eigenvalue weighted by Gasteiger charge is 2.50. The molecule has 5 nitrogen and oxygen atoms in total. The van der Waals surface area contributed by atoms with Crippen molar-refractivity contribution in [3.05, 3.63) is 41.2 Å². The molecule has 1 aromatic carbocycles. The van der Waals surface area contributed by atoms with E-state index in [9.17, 15) is 9.90 Å². The second-order valence-corrected chi connectivity index (χ2v) is 5.59. The first kappa shape index (κ1) is 14.1. The summed E-state index contributed by atoms with van der Waals surface area (Å²) in [6, 6.07) is 7.51. The fraction of sp³-hybridized carbons (Fsp3) is 0.438. The SMILES string of the molecule is CON1CCC2(CC1)OC(=O)C(c1ccc(C)cc1)=C2O. The predicted molar refractivity (Wildman–Crippen MR) is 77.4 cm³/mol. The molecule has 2 aliphatic heterocycles. The molecule has 5 heteroatoms. The van der Waals surface area contributed by atoms with E-state index in [0.717, 1.165) is 5.56 Å². The van der Waals surface area contributed by atoms with Crippen LogP contribution in [0.1, 0.15) is 24.0 Å². The summed E-state index contributed by atoms with van der Waals surface area (Å²) < 4.78 is 5.55. The van der Waals surface area contributed by atoms with Gasteiger partial charge in [0.2, 0.25) is 0 Å². The summed E-state index contributed by atoms with van der Waals surface area (Å²) in [5.74, 6) is -0.380. The van der Waals surface area contributed by atoms with E-state index in [0.29, 0.717) is 37.1 Å². The van der Waals surface area contributed by atoms with Crippen LogP contribution in [0.25, 0.3) is 5.57 Å². The van der Waals surface area contributed by atoms with E-state index in [1.54, 1.807) is 12.2 Å². The van der Waals surface area contributed by atoms with Crippen LogP contribution < -0.4 is 0 Å². The van der Waals surface area contributed by atoms with E-state index < -0.39 is 11.6 Å². The summed E-state index contributed by atoms with van der Waals surface area (Å²) in [6.07, 6.45) is 1.07. The van der Waals surface area contributed by atoms with Crippen LogP contribution in [0, 0.1) is 6.92 Å². The van der Waals surface area contributed by atoms with Gasteiger partial charge in [0.05, 0.1) is 7.11 Å². The van der Waals surface area contributed by atoms with Gasteiger partial charge < -0.3 is 14.7 Å². The first-order valence-electron chi connectivity index (χ1n) is 7.09. The zero-order chi connectivity index (χ0) is 15.0. The number of benzene rings is 1. The zero-order valence-electron chi connectivity index (χ0n) is 12.3. The molecule has 112 valence electrons. The lowest BCUT2D eigenvalue weighted by Crippen LogP contribution is -2.45. The van der Waals surface area contributed by atoms with E-state index in [1.165, 1.54) is 0 Å². The Bertz CT molecular complexity index is 583. The number of esters is 1. The Morgan fingerprint density at radius 3 is 2.43 bits per heavy atom. The number of aliphatic hydroxyl groups is 1. The third-order valence-electron chi connectivity index (χ3n) is 4.29. The van der Waals surface area contributed by atoms with Gasteiger partial charge in [0.1, 0.15) is 5.57 Å². The van der Waals surface area contributed by atoms with Crippen molar-refractivity contribution >= 4 is 11.5 Å². The summed E-state index contributed by atoms with van der Waals surface area (Å²) in [5.41, 5.74) is 1.22. The highest BCUT2D eigenvalue weighted by atomic mass is 16.7. The number of aryl methyl sites for hydroxylation is 1. The molecule has 0 bridgehead atoms. The molecule has 1 fully saturated rings. The fourth-order valence-electron chi connectivity index (χ4n) is 2.94. The Morgan fingerprint density at radius 1 is 1.24 bits per heavy atom. The van der Waals surface area contributed by atoms with Gasteiger partial charge in [-0.25, -0.2) is 4.79 Å². The fourth-order valence-corrected chi connectivity index (χ4v) is 2.94. The van der Waals surface area contributed by atoms with E-state index in [1.807, 2.05) is 31.2 Å². The van der Waals surface area contributed by atoms with Crippen molar-refractivity contribution in [2.24, 2.45) is 0 Å². The Balaban J connectivity index is 1.93. The van der Waals surface area contributed by atoms with Crippen LogP contribution in [0.15, 0.2) is 30.0 Å². The second kappa shape index (κ2) is 5.16. The van der Waals surface area contributed by atoms with Gasteiger partial charge >= 0.3 is 5.97 Å². The third kappa shape index (κ3) is 2.32. The van der Waals surface area contributed by atoms with E-state index >= 15 is 0 Å². The molecule has 2 aliphatic rings. The normalized spacial score (nSPS) is 21.9. The highest BCUT2D eigenvalue weighted by Crippen LogP contribution is 2.42. The molecule has 21 heavy (non-hydrogen) atoms. The van der Waals surface area contributed by atoms with Crippen molar-refractivity contribution in [3.8, 4) is 0 Å². The van der Waals surface area contributed by atoms with Gasteiger partial charge in [0.15, 0.2) is 11.4 Å². The molecule has 0 atom stereocenters. The van der Waals surface area contributed by atoms with Crippen molar-refractivity contribution in [1.29, 1.82) is 0 Å². The largest absolute Gasteiger partial charge is 0.507 e. The van der Waals surface area contributed by atoms with Crippen LogP contribution in [0.5, 0.6) is 0 Å². The van der Waals surface area contributed by atoms with E-state index in [2.05, 4.69) is 0 Å². The number of carbonyl (C=O) groups excluding carboxylic acids is 1. The maximum Gasteiger partial charge on any atom is 0.343 e. The number of aliphatic hydroxyl groups excluding tert-OH is 1. The van der Waals surface area contributed by atoms with Gasteiger partial charge in [0, 0.05) is 25.9 Å². The Labute approximate surface area is 123 Å². The molecule has 0 radical (unpaired) electrons. The second-order valence-electron chi connectivity index (χ2n) is 5.59. The zero-order valence-corrected chi connectivity index (χ0v) is 12.3. The molecular formula is C16H19NO4. The van der Waals surface area contributed by atoms with Crippen molar-refractivity contribution in [2.75, 3.05) is 20.2 Å². The topological polar surface area (TPSA) is 59.0 Å². The van der Waals surface area contributed by atoms with Gasteiger partial charge in [-0.3, -0.25) is 0 Å². The van der Waals surface area contributed by atoms with Gasteiger partial charge in [-0.2, -0.15) is 5.06 Å². The standard InChI is InChI=1S/C16H19NO4/c1-11-3-5-12(6-4-11)13-14(18)16(21-15(13)19)7-9-17(20-2)10-8-16/h3-6,18H,7-10H2,1-2H3. The summed E-state index contributed by atoms with van der Waals surface area (Å²) in [7, 11) is 1.62. The minimum atomic E-state index is -0.883. The molecule has 2 heterocycles. The quantitative estimate of drug-likeness (QED) is 0.846. The molecule has 0 amide bonds. The first-order valence-corrected chi connectivity index (χ1v) is 7.09. The Kier molecular flexibility index (Phi) is 3.47. The van der Waals surface area contributed by atoms with E-state index in [4.69, 9.17) is 9.57 Å². The minimum absolute atomic E-state index is 0.0621. The first-order chi connectivity index (χ1) is 10.1. The highest BCUT2D eigenvalue weighted by molar-refractivity contribution is 6.19. The smallest absolute Gasteiger partial charge is 0.343 e. The lowest BCUT2D eigenvalue weighted by molar-refractivity contribution is -0.182. The maximum absolute atomic E-state index is 12.2. The average molecular weight is 289 g/mol.